The quantitative estimate of drug-likeness (QED) is 0.684. The summed E-state index contributed by atoms with van der Waals surface area (Å²) >= 11 is 0. The standard InChI is InChI=1S/C16H23NO/c1-15(2,3)12-9-7-8-11-10-17(16(4,5)6)14(18)13(11)12/h7-9H,10H2,1-6H3/i9D,10D. The Bertz CT molecular complexity index is 567. The third kappa shape index (κ3) is 2.05. The highest BCUT2D eigenvalue weighted by molar-refractivity contribution is 6.00. The Balaban J connectivity index is 2.72. The van der Waals surface area contributed by atoms with Crippen LogP contribution in [0.1, 0.15) is 65.8 Å². The van der Waals surface area contributed by atoms with Crippen LogP contribution in [-0.4, -0.2) is 16.3 Å². The molecule has 2 heteroatoms. The monoisotopic (exact) mass is 247 g/mol. The molecular formula is C16H23NO. The van der Waals surface area contributed by atoms with Crippen LogP contribution in [0, 0.1) is 0 Å². The van der Waals surface area contributed by atoms with Crippen molar-refractivity contribution in [1.29, 1.82) is 0 Å². The van der Waals surface area contributed by atoms with Crippen LogP contribution < -0.4 is 0 Å². The summed E-state index contributed by atoms with van der Waals surface area (Å²) < 4.78 is 16.5. The molecule has 1 unspecified atom stereocenters. The maximum Gasteiger partial charge on any atom is 0.255 e. The molecule has 18 heavy (non-hydrogen) atoms. The van der Waals surface area contributed by atoms with Crippen molar-refractivity contribution in [2.75, 3.05) is 0 Å². The highest BCUT2D eigenvalue weighted by atomic mass is 16.2. The van der Waals surface area contributed by atoms with E-state index in [0.717, 1.165) is 11.1 Å². The van der Waals surface area contributed by atoms with Crippen LogP contribution in [0.25, 0.3) is 0 Å². The number of benzene rings is 1. The molecular weight excluding hydrogens is 222 g/mol. The largest absolute Gasteiger partial charge is 0.329 e. The summed E-state index contributed by atoms with van der Waals surface area (Å²) in [4.78, 5) is 14.4. The Kier molecular flexibility index (Phi) is 2.26. The molecule has 0 saturated carbocycles. The van der Waals surface area contributed by atoms with Crippen molar-refractivity contribution in [3.8, 4) is 0 Å². The van der Waals surface area contributed by atoms with Crippen molar-refractivity contribution in [1.82, 2.24) is 4.90 Å². The lowest BCUT2D eigenvalue weighted by Crippen LogP contribution is -2.41. The van der Waals surface area contributed by atoms with E-state index in [1.54, 1.807) is 17.0 Å². The van der Waals surface area contributed by atoms with Crippen molar-refractivity contribution < 1.29 is 7.54 Å². The number of hydrogen-bond donors (Lipinski definition) is 0. The minimum absolute atomic E-state index is 0.119. The molecule has 0 N–H and O–H groups in total. The Labute approximate surface area is 113 Å². The Hall–Kier alpha value is -1.31. The molecule has 1 aliphatic heterocycles. The number of hydrogen-bond acceptors (Lipinski definition) is 1. The average molecular weight is 247 g/mol. The van der Waals surface area contributed by atoms with Crippen molar-refractivity contribution in [2.24, 2.45) is 0 Å². The van der Waals surface area contributed by atoms with E-state index in [0.29, 0.717) is 11.6 Å². The number of rotatable bonds is 0. The molecule has 0 aromatic heterocycles. The van der Waals surface area contributed by atoms with Crippen LogP contribution in [0.2, 0.25) is 0 Å². The van der Waals surface area contributed by atoms with E-state index >= 15 is 0 Å². The van der Waals surface area contributed by atoms with E-state index in [9.17, 15) is 4.79 Å². The zero-order valence-corrected chi connectivity index (χ0v) is 12.1. The fraction of sp³-hybridized carbons (Fsp3) is 0.562. The molecule has 2 nitrogen and oxygen atoms in total. The summed E-state index contributed by atoms with van der Waals surface area (Å²) in [6.45, 7) is 11.2. The average Bonchev–Trinajstić information content (AvgIpc) is 2.48. The normalized spacial score (nSPS) is 21.8. The Morgan fingerprint density at radius 3 is 2.39 bits per heavy atom. The summed E-state index contributed by atoms with van der Waals surface area (Å²) in [5.74, 6) is -0.119. The van der Waals surface area contributed by atoms with Gasteiger partial charge in [-0.1, -0.05) is 38.9 Å². The molecule has 98 valence electrons. The maximum absolute atomic E-state index is 12.8. The molecule has 0 fully saturated rings. The first kappa shape index (κ1) is 10.6. The van der Waals surface area contributed by atoms with Crippen molar-refractivity contribution in [3.63, 3.8) is 0 Å². The van der Waals surface area contributed by atoms with Gasteiger partial charge >= 0.3 is 0 Å². The van der Waals surface area contributed by atoms with E-state index in [1.807, 2.05) is 41.5 Å². The lowest BCUT2D eigenvalue weighted by molar-refractivity contribution is 0.0608. The van der Waals surface area contributed by atoms with E-state index < -0.39 is 12.1 Å². The van der Waals surface area contributed by atoms with Gasteiger partial charge < -0.3 is 4.90 Å². The molecule has 1 aromatic carbocycles. The molecule has 0 aliphatic carbocycles. The molecule has 0 spiro atoms. The van der Waals surface area contributed by atoms with Gasteiger partial charge in [0.05, 0.1) is 2.74 Å². The number of nitrogens with zero attached hydrogens (tertiary/aromatic N) is 1. The minimum Gasteiger partial charge on any atom is -0.329 e. The fourth-order valence-corrected chi connectivity index (χ4v) is 2.26. The van der Waals surface area contributed by atoms with Crippen LogP contribution in [0.5, 0.6) is 0 Å². The van der Waals surface area contributed by atoms with Gasteiger partial charge in [0, 0.05) is 17.6 Å². The second-order valence-electron chi connectivity index (χ2n) is 6.91. The SMILES string of the molecule is [2H]c1ccc2c(c1C(C)(C)C)C(=O)N(C(C)(C)C)C2[2H]. The van der Waals surface area contributed by atoms with E-state index in [2.05, 4.69) is 0 Å². The van der Waals surface area contributed by atoms with Crippen LogP contribution >= 0.6 is 0 Å². The number of carbonyl (C=O) groups excluding carboxylic acids is 1. The number of amides is 1. The first-order valence-electron chi connectivity index (χ1n) is 7.44. The Morgan fingerprint density at radius 2 is 1.89 bits per heavy atom. The fourth-order valence-electron chi connectivity index (χ4n) is 2.26. The zero-order chi connectivity index (χ0) is 15.5. The first-order chi connectivity index (χ1) is 8.96. The molecule has 0 bridgehead atoms. The zero-order valence-electron chi connectivity index (χ0n) is 14.1. The summed E-state index contributed by atoms with van der Waals surface area (Å²) in [5.41, 5.74) is 1.36. The maximum atomic E-state index is 12.8. The molecule has 0 saturated heterocycles. The summed E-state index contributed by atoms with van der Waals surface area (Å²) in [6.07, 6.45) is 0. The number of carbonyl (C=O) groups is 1. The topological polar surface area (TPSA) is 20.3 Å². The molecule has 1 heterocycles. The minimum atomic E-state index is -0.681. The summed E-state index contributed by atoms with van der Waals surface area (Å²) in [5, 5.41) is 0. The van der Waals surface area contributed by atoms with Gasteiger partial charge in [-0.2, -0.15) is 0 Å². The third-order valence-electron chi connectivity index (χ3n) is 3.20. The summed E-state index contributed by atoms with van der Waals surface area (Å²) in [7, 11) is 0. The van der Waals surface area contributed by atoms with Gasteiger partial charge in [-0.15, -0.1) is 0 Å². The highest BCUT2D eigenvalue weighted by Crippen LogP contribution is 2.35. The predicted octanol–water partition coefficient (Wildman–Crippen LogP) is 3.74. The van der Waals surface area contributed by atoms with Gasteiger partial charge in [0.1, 0.15) is 0 Å². The van der Waals surface area contributed by atoms with Crippen molar-refractivity contribution in [3.05, 3.63) is 34.9 Å². The van der Waals surface area contributed by atoms with E-state index in [-0.39, 0.29) is 11.3 Å². The molecule has 1 atom stereocenters. The van der Waals surface area contributed by atoms with E-state index in [4.69, 9.17) is 2.74 Å². The van der Waals surface area contributed by atoms with Crippen LogP contribution in [0.15, 0.2) is 18.2 Å². The van der Waals surface area contributed by atoms with Crippen molar-refractivity contribution in [2.45, 2.75) is 59.0 Å². The Morgan fingerprint density at radius 1 is 1.28 bits per heavy atom. The van der Waals surface area contributed by atoms with Gasteiger partial charge in [-0.25, -0.2) is 0 Å². The molecule has 1 amide bonds. The molecule has 2 rings (SSSR count). The lowest BCUT2D eigenvalue weighted by atomic mass is 9.82. The van der Waals surface area contributed by atoms with Crippen LogP contribution in [0.4, 0.5) is 0 Å². The summed E-state index contributed by atoms with van der Waals surface area (Å²) in [6, 6.07) is 3.85. The lowest BCUT2D eigenvalue weighted by Gasteiger charge is -2.32. The van der Waals surface area contributed by atoms with Gasteiger partial charge in [-0.05, 0) is 37.3 Å². The van der Waals surface area contributed by atoms with Gasteiger partial charge in [0.25, 0.3) is 5.91 Å². The predicted molar refractivity (Wildman–Crippen MR) is 74.8 cm³/mol. The van der Waals surface area contributed by atoms with Crippen LogP contribution in [0.3, 0.4) is 0 Å². The number of fused-ring (bicyclic) bond motifs is 1. The molecule has 1 aliphatic rings. The third-order valence-corrected chi connectivity index (χ3v) is 3.20. The smallest absolute Gasteiger partial charge is 0.255 e. The highest BCUT2D eigenvalue weighted by Gasteiger charge is 2.37. The van der Waals surface area contributed by atoms with E-state index in [1.165, 1.54) is 0 Å². The van der Waals surface area contributed by atoms with Gasteiger partial charge in [-0.3, -0.25) is 4.79 Å². The van der Waals surface area contributed by atoms with Crippen molar-refractivity contribution >= 4 is 5.91 Å². The molecule has 0 radical (unpaired) electrons. The van der Waals surface area contributed by atoms with Gasteiger partial charge in [0.15, 0.2) is 0 Å². The van der Waals surface area contributed by atoms with Crippen LogP contribution in [-0.2, 0) is 11.9 Å². The second-order valence-corrected chi connectivity index (χ2v) is 6.91. The first-order valence-corrected chi connectivity index (χ1v) is 6.36. The molecule has 1 aromatic rings. The van der Waals surface area contributed by atoms with Gasteiger partial charge in [0.2, 0.25) is 0 Å². The second kappa shape index (κ2) is 3.84.